The molecule has 0 unspecified atom stereocenters. The maximum absolute atomic E-state index is 12.9. The first-order valence-corrected chi connectivity index (χ1v) is 9.78. The number of hydrogen-bond donors (Lipinski definition) is 2. The molecule has 3 heterocycles. The Kier molecular flexibility index (Phi) is 5.67. The van der Waals surface area contributed by atoms with Gasteiger partial charge in [0, 0.05) is 18.5 Å². The molecule has 0 fully saturated rings. The minimum Gasteiger partial charge on any atom is -0.444 e. The van der Waals surface area contributed by atoms with E-state index in [1.807, 2.05) is 0 Å². The normalized spacial score (nSPS) is 10.6. The van der Waals surface area contributed by atoms with E-state index in [4.69, 9.17) is 4.74 Å². The van der Waals surface area contributed by atoms with Gasteiger partial charge in [0.25, 0.3) is 11.8 Å². The highest BCUT2D eigenvalue weighted by Crippen LogP contribution is 2.24. The monoisotopic (exact) mass is 439 g/mol. The number of nitrogens with zero attached hydrogens (tertiary/aromatic N) is 3. The van der Waals surface area contributed by atoms with E-state index in [0.29, 0.717) is 11.2 Å². The van der Waals surface area contributed by atoms with Crippen molar-refractivity contribution in [1.29, 1.82) is 0 Å². The second kappa shape index (κ2) is 8.71. The number of anilines is 1. The fourth-order valence-electron chi connectivity index (χ4n) is 2.61. The Morgan fingerprint density at radius 3 is 2.71 bits per heavy atom. The number of carbonyl (C=O) groups excluding carboxylic acids is 3. The van der Waals surface area contributed by atoms with Crippen LogP contribution in [0.1, 0.15) is 26.3 Å². The van der Waals surface area contributed by atoms with Crippen molar-refractivity contribution in [2.75, 3.05) is 5.32 Å². The Hall–Kier alpha value is -4.12. The Bertz CT molecular complexity index is 1270. The van der Waals surface area contributed by atoms with E-state index in [1.165, 1.54) is 47.2 Å². The van der Waals surface area contributed by atoms with Gasteiger partial charge in [-0.1, -0.05) is 12.1 Å². The summed E-state index contributed by atoms with van der Waals surface area (Å²) < 4.78 is 19.3. The molecule has 2 N–H and O–H groups in total. The van der Waals surface area contributed by atoms with Crippen molar-refractivity contribution in [2.45, 2.75) is 6.61 Å². The van der Waals surface area contributed by atoms with E-state index < -0.39 is 23.7 Å². The maximum Gasteiger partial charge on any atom is 0.414 e. The van der Waals surface area contributed by atoms with E-state index in [-0.39, 0.29) is 22.7 Å². The second-order valence-electron chi connectivity index (χ2n) is 6.25. The van der Waals surface area contributed by atoms with Gasteiger partial charge in [-0.25, -0.2) is 18.7 Å². The van der Waals surface area contributed by atoms with Crippen molar-refractivity contribution >= 4 is 39.9 Å². The van der Waals surface area contributed by atoms with Gasteiger partial charge in [-0.2, -0.15) is 5.10 Å². The van der Waals surface area contributed by atoms with Crippen LogP contribution in [-0.2, 0) is 11.3 Å². The zero-order chi connectivity index (χ0) is 21.8. The number of alkyl carbamates (subject to hydrolysis) is 1. The second-order valence-corrected chi connectivity index (χ2v) is 7.17. The first kappa shape index (κ1) is 20.2. The predicted molar refractivity (Wildman–Crippen MR) is 109 cm³/mol. The van der Waals surface area contributed by atoms with Gasteiger partial charge in [-0.3, -0.25) is 14.9 Å². The van der Waals surface area contributed by atoms with Gasteiger partial charge in [0.15, 0.2) is 5.65 Å². The fourth-order valence-corrected chi connectivity index (χ4v) is 3.39. The Labute approximate surface area is 178 Å². The average molecular weight is 439 g/mol. The number of halogens is 1. The molecule has 0 aliphatic carbocycles. The number of aromatic nitrogens is 3. The minimum atomic E-state index is -0.967. The third-order valence-electron chi connectivity index (χ3n) is 4.14. The van der Waals surface area contributed by atoms with Gasteiger partial charge in [0.2, 0.25) is 0 Å². The Morgan fingerprint density at radius 2 is 1.90 bits per heavy atom. The van der Waals surface area contributed by atoms with Crippen LogP contribution in [0, 0.1) is 5.82 Å². The number of hydrogen-bond acceptors (Lipinski definition) is 7. The van der Waals surface area contributed by atoms with Gasteiger partial charge in [-0.05, 0) is 29.1 Å². The van der Waals surface area contributed by atoms with Crippen LogP contribution in [0.3, 0.4) is 0 Å². The van der Waals surface area contributed by atoms with Crippen LogP contribution in [0.25, 0.3) is 5.65 Å². The first-order chi connectivity index (χ1) is 15.0. The lowest BCUT2D eigenvalue weighted by Gasteiger charge is -2.08. The average Bonchev–Trinajstić information content (AvgIpc) is 3.42. The highest BCUT2D eigenvalue weighted by molar-refractivity contribution is 7.14. The first-order valence-electron chi connectivity index (χ1n) is 8.90. The molecule has 0 atom stereocenters. The lowest BCUT2D eigenvalue weighted by Crippen LogP contribution is -2.31. The van der Waals surface area contributed by atoms with Crippen molar-refractivity contribution < 1.29 is 23.5 Å². The summed E-state index contributed by atoms with van der Waals surface area (Å²) in [6.45, 7) is -0.129. The quantitative estimate of drug-likeness (QED) is 0.493. The van der Waals surface area contributed by atoms with Crippen LogP contribution in [0.2, 0.25) is 0 Å². The molecule has 11 heteroatoms. The number of rotatable bonds is 5. The molecule has 156 valence electrons. The molecule has 0 aliphatic rings. The summed E-state index contributed by atoms with van der Waals surface area (Å²) in [6.07, 6.45) is 3.50. The molecule has 3 aromatic heterocycles. The van der Waals surface area contributed by atoms with Crippen LogP contribution < -0.4 is 10.6 Å². The van der Waals surface area contributed by atoms with Crippen LogP contribution in [0.5, 0.6) is 0 Å². The van der Waals surface area contributed by atoms with Gasteiger partial charge in [0.1, 0.15) is 17.4 Å². The van der Waals surface area contributed by atoms with Crippen LogP contribution in [0.4, 0.5) is 14.2 Å². The summed E-state index contributed by atoms with van der Waals surface area (Å²) in [4.78, 5) is 41.0. The number of thiophene rings is 1. The molecule has 4 aromatic rings. The predicted octanol–water partition coefficient (Wildman–Crippen LogP) is 3.25. The molecule has 1 aromatic carbocycles. The number of carbonyl (C=O) groups is 3. The molecular formula is C20H14FN5O4S. The number of amides is 3. The number of benzene rings is 1. The van der Waals surface area contributed by atoms with Crippen LogP contribution in [0.15, 0.2) is 60.4 Å². The molecule has 0 saturated heterocycles. The number of nitrogens with one attached hydrogen (secondary N) is 2. The summed E-state index contributed by atoms with van der Waals surface area (Å²) in [7, 11) is 0. The molecular weight excluding hydrogens is 425 g/mol. The molecule has 4 rings (SSSR count). The zero-order valence-electron chi connectivity index (χ0n) is 15.7. The van der Waals surface area contributed by atoms with E-state index in [9.17, 15) is 18.8 Å². The van der Waals surface area contributed by atoms with Crippen molar-refractivity contribution in [2.24, 2.45) is 0 Å². The SMILES string of the molecule is O=C(NC(=O)c1ccsc1NC(=O)c1cnc2ccnn2c1)OCc1ccc(F)cc1. The molecule has 31 heavy (non-hydrogen) atoms. The summed E-state index contributed by atoms with van der Waals surface area (Å²) in [5, 5.41) is 10.6. The van der Waals surface area contributed by atoms with Gasteiger partial charge in [0.05, 0.1) is 17.3 Å². The van der Waals surface area contributed by atoms with Crippen molar-refractivity contribution in [1.82, 2.24) is 19.9 Å². The highest BCUT2D eigenvalue weighted by atomic mass is 32.1. The maximum atomic E-state index is 12.9. The zero-order valence-corrected chi connectivity index (χ0v) is 16.6. The number of fused-ring (bicyclic) bond motifs is 1. The van der Waals surface area contributed by atoms with Gasteiger partial charge < -0.3 is 10.1 Å². The Morgan fingerprint density at radius 1 is 1.10 bits per heavy atom. The highest BCUT2D eigenvalue weighted by Gasteiger charge is 2.19. The molecule has 0 aliphatic heterocycles. The van der Waals surface area contributed by atoms with Gasteiger partial charge >= 0.3 is 6.09 Å². The van der Waals surface area contributed by atoms with Crippen LogP contribution >= 0.6 is 11.3 Å². The Balaban J connectivity index is 1.37. The molecule has 3 amide bonds. The third kappa shape index (κ3) is 4.73. The summed E-state index contributed by atoms with van der Waals surface area (Å²) in [5.41, 5.74) is 1.50. The molecule has 0 saturated carbocycles. The lowest BCUT2D eigenvalue weighted by atomic mass is 10.2. The van der Waals surface area contributed by atoms with Gasteiger partial charge in [-0.15, -0.1) is 11.3 Å². The summed E-state index contributed by atoms with van der Waals surface area (Å²) in [5.74, 6) is -1.63. The molecule has 0 spiro atoms. The van der Waals surface area contributed by atoms with Crippen molar-refractivity contribution in [3.8, 4) is 0 Å². The van der Waals surface area contributed by atoms with Crippen LogP contribution in [-0.4, -0.2) is 32.5 Å². The summed E-state index contributed by atoms with van der Waals surface area (Å²) in [6, 6.07) is 8.57. The fraction of sp³-hybridized carbons (Fsp3) is 0.0500. The van der Waals surface area contributed by atoms with Crippen molar-refractivity contribution in [3.05, 3.63) is 82.9 Å². The summed E-state index contributed by atoms with van der Waals surface area (Å²) >= 11 is 1.12. The van der Waals surface area contributed by atoms with Crippen molar-refractivity contribution in [3.63, 3.8) is 0 Å². The van der Waals surface area contributed by atoms with E-state index in [1.54, 1.807) is 17.6 Å². The van der Waals surface area contributed by atoms with E-state index >= 15 is 0 Å². The largest absolute Gasteiger partial charge is 0.444 e. The third-order valence-corrected chi connectivity index (χ3v) is 4.97. The van der Waals surface area contributed by atoms with E-state index in [0.717, 1.165) is 11.3 Å². The molecule has 0 radical (unpaired) electrons. The smallest absolute Gasteiger partial charge is 0.414 e. The van der Waals surface area contributed by atoms with E-state index in [2.05, 4.69) is 20.7 Å². The standard InChI is InChI=1S/C20H14FN5O4S/c21-14-3-1-12(2-4-14)11-30-20(29)25-18(28)15-6-8-31-19(15)24-17(27)13-9-22-16-5-7-23-26(16)10-13/h1-10H,11H2,(H,24,27)(H,25,28,29). The number of imide groups is 1. The topological polar surface area (TPSA) is 115 Å². The minimum absolute atomic E-state index is 0.102. The number of ether oxygens (including phenoxy) is 1. The molecule has 0 bridgehead atoms. The molecule has 9 nitrogen and oxygen atoms in total. The lowest BCUT2D eigenvalue weighted by molar-refractivity contribution is 0.0913.